The molecular weight excluding hydrogens is 228 g/mol. The summed E-state index contributed by atoms with van der Waals surface area (Å²) in [6, 6.07) is 0.632. The van der Waals surface area contributed by atoms with Gasteiger partial charge in [0.1, 0.15) is 0 Å². The lowest BCUT2D eigenvalue weighted by atomic mass is 10.2. The number of ether oxygens (including phenoxy) is 1. The Hall–Kier alpha value is -1.07. The number of aromatic nitrogens is 2. The Bertz CT molecular complexity index is 353. The van der Waals surface area contributed by atoms with Crippen molar-refractivity contribution in [1.29, 1.82) is 0 Å². The van der Waals surface area contributed by atoms with Crippen molar-refractivity contribution in [3.63, 3.8) is 0 Å². The third-order valence-corrected chi connectivity index (χ3v) is 3.38. The minimum atomic E-state index is 0.632. The van der Waals surface area contributed by atoms with E-state index in [1.807, 2.05) is 10.9 Å². The topological polar surface area (TPSA) is 42.3 Å². The molecule has 2 heterocycles. The van der Waals surface area contributed by atoms with Crippen LogP contribution in [0.5, 0.6) is 0 Å². The Morgan fingerprint density at radius 2 is 2.44 bits per heavy atom. The molecule has 18 heavy (non-hydrogen) atoms. The van der Waals surface area contributed by atoms with Gasteiger partial charge in [0.25, 0.3) is 0 Å². The molecule has 1 aliphatic heterocycles. The zero-order valence-corrected chi connectivity index (χ0v) is 11.4. The van der Waals surface area contributed by atoms with Crippen molar-refractivity contribution >= 4 is 5.69 Å². The summed E-state index contributed by atoms with van der Waals surface area (Å²) in [6.07, 6.45) is 6.49. The highest BCUT2D eigenvalue weighted by molar-refractivity contribution is 5.43. The van der Waals surface area contributed by atoms with Crippen LogP contribution in [0.25, 0.3) is 0 Å². The minimum absolute atomic E-state index is 0.632. The highest BCUT2D eigenvalue weighted by Gasteiger charge is 2.22. The number of methoxy groups -OCH3 is 1. The quantitative estimate of drug-likeness (QED) is 0.789. The summed E-state index contributed by atoms with van der Waals surface area (Å²) >= 11 is 0. The lowest BCUT2D eigenvalue weighted by Gasteiger charge is -2.16. The van der Waals surface area contributed by atoms with Crippen LogP contribution in [0.4, 0.5) is 5.69 Å². The summed E-state index contributed by atoms with van der Waals surface area (Å²) in [4.78, 5) is 2.41. The summed E-state index contributed by atoms with van der Waals surface area (Å²) in [7, 11) is 1.72. The Labute approximate surface area is 109 Å². The molecule has 0 bridgehead atoms. The van der Waals surface area contributed by atoms with E-state index in [0.717, 1.165) is 26.2 Å². The van der Waals surface area contributed by atoms with Crippen molar-refractivity contribution < 1.29 is 4.74 Å². The number of hydrogen-bond donors (Lipinski definition) is 1. The van der Waals surface area contributed by atoms with E-state index in [1.54, 1.807) is 7.11 Å². The maximum Gasteiger partial charge on any atom is 0.0753 e. The number of anilines is 1. The molecule has 1 unspecified atom stereocenters. The van der Waals surface area contributed by atoms with Crippen molar-refractivity contribution in [2.24, 2.45) is 0 Å². The Balaban J connectivity index is 1.83. The molecule has 1 saturated heterocycles. The Morgan fingerprint density at radius 3 is 3.22 bits per heavy atom. The summed E-state index contributed by atoms with van der Waals surface area (Å²) in [5.74, 6) is 0. The van der Waals surface area contributed by atoms with Gasteiger partial charge in [-0.1, -0.05) is 6.92 Å². The first-order chi connectivity index (χ1) is 8.83. The first kappa shape index (κ1) is 13.4. The fraction of sp³-hybridized carbons (Fsp3) is 0.769. The highest BCUT2D eigenvalue weighted by Crippen LogP contribution is 2.19. The van der Waals surface area contributed by atoms with Crippen LogP contribution >= 0.6 is 0 Å². The predicted octanol–water partition coefficient (Wildman–Crippen LogP) is 1.11. The third-order valence-electron chi connectivity index (χ3n) is 3.38. The van der Waals surface area contributed by atoms with E-state index in [1.165, 1.54) is 18.5 Å². The van der Waals surface area contributed by atoms with E-state index in [-0.39, 0.29) is 0 Å². The first-order valence-electron chi connectivity index (χ1n) is 6.83. The molecule has 0 saturated carbocycles. The van der Waals surface area contributed by atoms with E-state index >= 15 is 0 Å². The largest absolute Gasteiger partial charge is 0.383 e. The maximum atomic E-state index is 5.06. The predicted molar refractivity (Wildman–Crippen MR) is 73.0 cm³/mol. The summed E-state index contributed by atoms with van der Waals surface area (Å²) in [6.45, 7) is 7.07. The molecule has 5 heteroatoms. The number of nitrogens with zero attached hydrogens (tertiary/aromatic N) is 3. The Kier molecular flexibility index (Phi) is 5.01. The van der Waals surface area contributed by atoms with Gasteiger partial charge >= 0.3 is 0 Å². The van der Waals surface area contributed by atoms with Crippen LogP contribution in [0.3, 0.4) is 0 Å². The van der Waals surface area contributed by atoms with Gasteiger partial charge in [0.15, 0.2) is 0 Å². The van der Waals surface area contributed by atoms with Crippen LogP contribution in [0, 0.1) is 0 Å². The van der Waals surface area contributed by atoms with Crippen LogP contribution in [-0.2, 0) is 11.3 Å². The summed E-state index contributed by atoms with van der Waals surface area (Å²) < 4.78 is 7.01. The maximum absolute atomic E-state index is 5.06. The van der Waals surface area contributed by atoms with Crippen molar-refractivity contribution in [3.05, 3.63) is 12.4 Å². The molecule has 0 radical (unpaired) electrons. The molecule has 2 rings (SSSR count). The second kappa shape index (κ2) is 6.75. The van der Waals surface area contributed by atoms with Crippen molar-refractivity contribution in [2.75, 3.05) is 38.3 Å². The second-order valence-electron chi connectivity index (χ2n) is 4.84. The van der Waals surface area contributed by atoms with E-state index in [9.17, 15) is 0 Å². The van der Waals surface area contributed by atoms with Crippen molar-refractivity contribution in [3.8, 4) is 0 Å². The molecule has 1 N–H and O–H groups in total. The average Bonchev–Trinajstić information content (AvgIpc) is 3.02. The van der Waals surface area contributed by atoms with E-state index in [4.69, 9.17) is 4.74 Å². The highest BCUT2D eigenvalue weighted by atomic mass is 16.5. The molecule has 1 aliphatic rings. The molecule has 0 aromatic carbocycles. The monoisotopic (exact) mass is 252 g/mol. The Morgan fingerprint density at radius 1 is 1.56 bits per heavy atom. The minimum Gasteiger partial charge on any atom is -0.383 e. The molecule has 1 aromatic heterocycles. The summed E-state index contributed by atoms with van der Waals surface area (Å²) in [5, 5.41) is 7.94. The van der Waals surface area contributed by atoms with Gasteiger partial charge in [0.2, 0.25) is 0 Å². The fourth-order valence-corrected chi connectivity index (χ4v) is 2.33. The number of nitrogens with one attached hydrogen (secondary N) is 1. The van der Waals surface area contributed by atoms with Crippen LogP contribution in [0.1, 0.15) is 19.8 Å². The van der Waals surface area contributed by atoms with Gasteiger partial charge < -0.3 is 15.0 Å². The van der Waals surface area contributed by atoms with E-state index in [0.29, 0.717) is 12.6 Å². The van der Waals surface area contributed by atoms with Crippen LogP contribution in [-0.4, -0.2) is 49.2 Å². The molecule has 1 fully saturated rings. The molecular formula is C13H24N4O. The molecule has 1 atom stereocenters. The first-order valence-corrected chi connectivity index (χ1v) is 6.83. The van der Waals surface area contributed by atoms with Crippen molar-refractivity contribution in [1.82, 2.24) is 15.1 Å². The molecule has 1 aromatic rings. The fourth-order valence-electron chi connectivity index (χ4n) is 2.33. The third kappa shape index (κ3) is 3.46. The molecule has 102 valence electrons. The molecule has 0 spiro atoms. The van der Waals surface area contributed by atoms with Gasteiger partial charge in [-0.15, -0.1) is 0 Å². The normalized spacial score (nSPS) is 19.7. The van der Waals surface area contributed by atoms with Gasteiger partial charge in [-0.25, -0.2) is 0 Å². The van der Waals surface area contributed by atoms with Gasteiger partial charge in [0.05, 0.1) is 25.0 Å². The summed E-state index contributed by atoms with van der Waals surface area (Å²) in [5.41, 5.74) is 1.23. The lowest BCUT2D eigenvalue weighted by Crippen LogP contribution is -2.32. The molecule has 5 nitrogen and oxygen atoms in total. The molecule has 0 aliphatic carbocycles. The number of hydrogen-bond acceptors (Lipinski definition) is 4. The smallest absolute Gasteiger partial charge is 0.0753 e. The van der Waals surface area contributed by atoms with E-state index in [2.05, 4.69) is 28.4 Å². The van der Waals surface area contributed by atoms with Crippen molar-refractivity contribution in [2.45, 2.75) is 32.4 Å². The zero-order valence-electron chi connectivity index (χ0n) is 11.4. The lowest BCUT2D eigenvalue weighted by molar-refractivity contribution is 0.183. The van der Waals surface area contributed by atoms with Crippen LogP contribution < -0.4 is 10.2 Å². The van der Waals surface area contributed by atoms with Crippen LogP contribution in [0.15, 0.2) is 12.4 Å². The SMILES string of the molecule is CCCNC1CCN(c2cnn(CCOC)c2)C1. The van der Waals surface area contributed by atoms with Gasteiger partial charge in [0, 0.05) is 32.4 Å². The number of rotatable bonds is 7. The van der Waals surface area contributed by atoms with Gasteiger partial charge in [-0.2, -0.15) is 5.10 Å². The van der Waals surface area contributed by atoms with Gasteiger partial charge in [-0.05, 0) is 19.4 Å². The van der Waals surface area contributed by atoms with Crippen LogP contribution in [0.2, 0.25) is 0 Å². The second-order valence-corrected chi connectivity index (χ2v) is 4.84. The average molecular weight is 252 g/mol. The zero-order chi connectivity index (χ0) is 12.8. The van der Waals surface area contributed by atoms with E-state index < -0.39 is 0 Å². The van der Waals surface area contributed by atoms with Gasteiger partial charge in [-0.3, -0.25) is 4.68 Å². The standard InChI is InChI=1S/C13H24N4O/c1-3-5-14-12-4-6-16(10-12)13-9-15-17(11-13)7-8-18-2/h9,11-12,14H,3-8,10H2,1-2H3. The molecule has 0 amide bonds.